The van der Waals surface area contributed by atoms with Crippen molar-refractivity contribution in [2.45, 2.75) is 26.6 Å². The first kappa shape index (κ1) is 15.2. The molecule has 1 heterocycles. The smallest absolute Gasteiger partial charge is 0.106 e. The predicted molar refractivity (Wildman–Crippen MR) is 84.3 cm³/mol. The van der Waals surface area contributed by atoms with Gasteiger partial charge in [0.15, 0.2) is 0 Å². The van der Waals surface area contributed by atoms with Crippen molar-refractivity contribution in [3.05, 3.63) is 63.9 Å². The molecule has 106 valence electrons. The van der Waals surface area contributed by atoms with Crippen LogP contribution in [0.1, 0.15) is 23.7 Å². The molecular formula is C16H19BrN2O. The summed E-state index contributed by atoms with van der Waals surface area (Å²) in [6.45, 7) is 4.99. The van der Waals surface area contributed by atoms with Crippen molar-refractivity contribution in [2.24, 2.45) is 0 Å². The van der Waals surface area contributed by atoms with Crippen molar-refractivity contribution in [1.29, 1.82) is 0 Å². The van der Waals surface area contributed by atoms with Crippen molar-refractivity contribution in [3.63, 3.8) is 0 Å². The van der Waals surface area contributed by atoms with Gasteiger partial charge in [0.2, 0.25) is 0 Å². The highest BCUT2D eigenvalue weighted by atomic mass is 79.9. The third kappa shape index (κ3) is 4.71. The third-order valence-electron chi connectivity index (χ3n) is 2.97. The molecule has 1 N–H and O–H groups in total. The Morgan fingerprint density at radius 1 is 1.05 bits per heavy atom. The van der Waals surface area contributed by atoms with Crippen LogP contribution in [0.4, 0.5) is 0 Å². The Balaban J connectivity index is 1.90. The minimum atomic E-state index is 0.670. The molecule has 1 aromatic carbocycles. The van der Waals surface area contributed by atoms with Gasteiger partial charge in [0.25, 0.3) is 0 Å². The van der Waals surface area contributed by atoms with Crippen LogP contribution < -0.4 is 5.32 Å². The summed E-state index contributed by atoms with van der Waals surface area (Å²) in [6.07, 6.45) is 0. The number of ether oxygens (including phenoxy) is 1. The number of pyridine rings is 1. The summed E-state index contributed by atoms with van der Waals surface area (Å²) in [7, 11) is 0. The van der Waals surface area contributed by atoms with E-state index in [0.717, 1.165) is 30.0 Å². The first-order valence-electron chi connectivity index (χ1n) is 6.76. The van der Waals surface area contributed by atoms with E-state index in [2.05, 4.69) is 44.4 Å². The first-order chi connectivity index (χ1) is 9.79. The van der Waals surface area contributed by atoms with Crippen LogP contribution in [-0.2, 0) is 24.4 Å². The average Bonchev–Trinajstić information content (AvgIpc) is 2.46. The van der Waals surface area contributed by atoms with Crippen molar-refractivity contribution < 1.29 is 4.74 Å². The number of benzene rings is 1. The Morgan fingerprint density at radius 2 is 1.85 bits per heavy atom. The van der Waals surface area contributed by atoms with Crippen LogP contribution in [0.5, 0.6) is 0 Å². The van der Waals surface area contributed by atoms with Crippen LogP contribution in [0.25, 0.3) is 0 Å². The lowest BCUT2D eigenvalue weighted by Crippen LogP contribution is -2.15. The molecule has 0 fully saturated rings. The average molecular weight is 335 g/mol. The van der Waals surface area contributed by atoms with Gasteiger partial charge in [0.05, 0.1) is 12.3 Å². The second-order valence-electron chi connectivity index (χ2n) is 4.46. The van der Waals surface area contributed by atoms with Crippen LogP contribution in [-0.4, -0.2) is 11.6 Å². The Labute approximate surface area is 128 Å². The molecule has 0 unspecified atom stereocenters. The van der Waals surface area contributed by atoms with Gasteiger partial charge in [-0.15, -0.1) is 0 Å². The molecule has 4 heteroatoms. The molecular weight excluding hydrogens is 316 g/mol. The van der Waals surface area contributed by atoms with Gasteiger partial charge < -0.3 is 10.1 Å². The fourth-order valence-corrected chi connectivity index (χ4v) is 2.34. The van der Waals surface area contributed by atoms with Gasteiger partial charge in [0.1, 0.15) is 4.60 Å². The highest BCUT2D eigenvalue weighted by molar-refractivity contribution is 9.10. The summed E-state index contributed by atoms with van der Waals surface area (Å²) in [5.74, 6) is 0. The maximum atomic E-state index is 5.49. The highest BCUT2D eigenvalue weighted by Crippen LogP contribution is 2.11. The third-order valence-corrected chi connectivity index (χ3v) is 3.42. The summed E-state index contributed by atoms with van der Waals surface area (Å²) < 4.78 is 6.36. The van der Waals surface area contributed by atoms with E-state index in [0.29, 0.717) is 6.61 Å². The maximum absolute atomic E-state index is 5.49. The van der Waals surface area contributed by atoms with Crippen LogP contribution >= 0.6 is 15.9 Å². The topological polar surface area (TPSA) is 34.1 Å². The van der Waals surface area contributed by atoms with E-state index in [1.165, 1.54) is 11.1 Å². The van der Waals surface area contributed by atoms with Gasteiger partial charge in [-0.05, 0) is 46.1 Å². The van der Waals surface area contributed by atoms with Crippen LogP contribution in [0.15, 0.2) is 47.1 Å². The van der Waals surface area contributed by atoms with Gasteiger partial charge in [-0.3, -0.25) is 0 Å². The van der Waals surface area contributed by atoms with Crippen molar-refractivity contribution in [1.82, 2.24) is 10.3 Å². The predicted octanol–water partition coefficient (Wildman–Crippen LogP) is 3.67. The molecule has 0 aliphatic carbocycles. The van der Waals surface area contributed by atoms with Gasteiger partial charge in [-0.1, -0.05) is 30.3 Å². The van der Waals surface area contributed by atoms with E-state index >= 15 is 0 Å². The van der Waals surface area contributed by atoms with Gasteiger partial charge in [-0.25, -0.2) is 4.98 Å². The molecule has 0 spiro atoms. The molecule has 0 bridgehead atoms. The summed E-state index contributed by atoms with van der Waals surface area (Å²) >= 11 is 3.38. The van der Waals surface area contributed by atoms with E-state index in [1.807, 2.05) is 31.2 Å². The molecule has 0 aliphatic rings. The van der Waals surface area contributed by atoms with Crippen LogP contribution in [0, 0.1) is 0 Å². The lowest BCUT2D eigenvalue weighted by molar-refractivity contribution is 0.133. The minimum absolute atomic E-state index is 0.670. The zero-order valence-electron chi connectivity index (χ0n) is 11.6. The highest BCUT2D eigenvalue weighted by Gasteiger charge is 2.02. The Kier molecular flexibility index (Phi) is 6.18. The molecule has 0 atom stereocenters. The molecule has 0 amide bonds. The maximum Gasteiger partial charge on any atom is 0.106 e. The quantitative estimate of drug-likeness (QED) is 0.784. The monoisotopic (exact) mass is 334 g/mol. The molecule has 0 radical (unpaired) electrons. The molecule has 0 aliphatic heterocycles. The Bertz CT molecular complexity index is 546. The van der Waals surface area contributed by atoms with Gasteiger partial charge >= 0.3 is 0 Å². The number of aromatic nitrogens is 1. The fraction of sp³-hybridized carbons (Fsp3) is 0.312. The van der Waals surface area contributed by atoms with E-state index in [9.17, 15) is 0 Å². The normalized spacial score (nSPS) is 10.7. The van der Waals surface area contributed by atoms with Crippen LogP contribution in [0.2, 0.25) is 0 Å². The van der Waals surface area contributed by atoms with Crippen molar-refractivity contribution in [3.8, 4) is 0 Å². The second-order valence-corrected chi connectivity index (χ2v) is 5.27. The lowest BCUT2D eigenvalue weighted by Gasteiger charge is -2.10. The zero-order valence-corrected chi connectivity index (χ0v) is 13.2. The summed E-state index contributed by atoms with van der Waals surface area (Å²) in [4.78, 5) is 4.41. The SMILES string of the molecule is CCOCc1ccccc1CNCc1cccc(Br)n1. The number of hydrogen-bond donors (Lipinski definition) is 1. The number of rotatable bonds is 7. The second kappa shape index (κ2) is 8.15. The van der Waals surface area contributed by atoms with E-state index in [4.69, 9.17) is 4.74 Å². The first-order valence-corrected chi connectivity index (χ1v) is 7.55. The molecule has 1 aromatic heterocycles. The summed E-state index contributed by atoms with van der Waals surface area (Å²) in [6, 6.07) is 14.3. The largest absolute Gasteiger partial charge is 0.377 e. The minimum Gasteiger partial charge on any atom is -0.377 e. The number of nitrogens with one attached hydrogen (secondary N) is 1. The number of hydrogen-bond acceptors (Lipinski definition) is 3. The van der Waals surface area contributed by atoms with Gasteiger partial charge in [-0.2, -0.15) is 0 Å². The van der Waals surface area contributed by atoms with Crippen molar-refractivity contribution >= 4 is 15.9 Å². The van der Waals surface area contributed by atoms with Crippen LogP contribution in [0.3, 0.4) is 0 Å². The lowest BCUT2D eigenvalue weighted by atomic mass is 10.1. The Hall–Kier alpha value is -1.23. The number of halogens is 1. The number of nitrogens with zero attached hydrogens (tertiary/aromatic N) is 1. The fourth-order valence-electron chi connectivity index (χ4n) is 1.96. The Morgan fingerprint density at radius 3 is 2.60 bits per heavy atom. The molecule has 0 saturated heterocycles. The summed E-state index contributed by atoms with van der Waals surface area (Å²) in [5.41, 5.74) is 3.54. The molecule has 20 heavy (non-hydrogen) atoms. The molecule has 0 saturated carbocycles. The summed E-state index contributed by atoms with van der Waals surface area (Å²) in [5, 5.41) is 3.42. The van der Waals surface area contributed by atoms with E-state index < -0.39 is 0 Å². The van der Waals surface area contributed by atoms with Crippen molar-refractivity contribution in [2.75, 3.05) is 6.61 Å². The van der Waals surface area contributed by atoms with E-state index in [1.54, 1.807) is 0 Å². The zero-order chi connectivity index (χ0) is 14.2. The molecule has 2 rings (SSSR count). The molecule has 3 nitrogen and oxygen atoms in total. The van der Waals surface area contributed by atoms with Gasteiger partial charge in [0, 0.05) is 19.7 Å². The van der Waals surface area contributed by atoms with E-state index in [-0.39, 0.29) is 0 Å². The molecule has 2 aromatic rings. The standard InChI is InChI=1S/C16H19BrN2O/c1-2-20-12-14-7-4-3-6-13(14)10-18-11-15-8-5-9-16(17)19-15/h3-9,18H,2,10-12H2,1H3.